The van der Waals surface area contributed by atoms with Gasteiger partial charge in [0.2, 0.25) is 0 Å². The van der Waals surface area contributed by atoms with Crippen molar-refractivity contribution in [3.05, 3.63) is 59.1 Å². The van der Waals surface area contributed by atoms with Gasteiger partial charge in [-0.2, -0.15) is 5.26 Å². The molecule has 0 spiro atoms. The highest BCUT2D eigenvalue weighted by molar-refractivity contribution is 7.92. The van der Waals surface area contributed by atoms with E-state index in [2.05, 4.69) is 4.72 Å². The van der Waals surface area contributed by atoms with Gasteiger partial charge in [0, 0.05) is 5.02 Å². The molecular formula is C14H11ClN2O2S. The topological polar surface area (TPSA) is 70.0 Å². The molecule has 20 heavy (non-hydrogen) atoms. The van der Waals surface area contributed by atoms with Crippen LogP contribution in [0, 0.1) is 11.3 Å². The second-order valence-corrected chi connectivity index (χ2v) is 6.15. The fourth-order valence-corrected chi connectivity index (χ4v) is 3.24. The first-order valence-electron chi connectivity index (χ1n) is 5.76. The normalized spacial score (nSPS) is 10.8. The molecular weight excluding hydrogens is 296 g/mol. The largest absolute Gasteiger partial charge is 0.280 e. The molecule has 0 heterocycles. The van der Waals surface area contributed by atoms with E-state index in [-0.39, 0.29) is 11.3 Å². The minimum atomic E-state index is -3.74. The van der Waals surface area contributed by atoms with E-state index in [4.69, 9.17) is 16.9 Å². The number of hydrogen-bond acceptors (Lipinski definition) is 3. The van der Waals surface area contributed by atoms with Gasteiger partial charge in [0.25, 0.3) is 10.0 Å². The van der Waals surface area contributed by atoms with Crippen molar-refractivity contribution in [2.45, 2.75) is 11.3 Å². The van der Waals surface area contributed by atoms with Crippen LogP contribution in [0.3, 0.4) is 0 Å². The number of nitriles is 1. The van der Waals surface area contributed by atoms with E-state index in [1.54, 1.807) is 36.4 Å². The molecule has 0 amide bonds. The molecule has 0 aliphatic carbocycles. The summed E-state index contributed by atoms with van der Waals surface area (Å²) in [6, 6.07) is 14.8. The lowest BCUT2D eigenvalue weighted by molar-refractivity contribution is 0.600. The lowest BCUT2D eigenvalue weighted by Gasteiger charge is -2.11. The van der Waals surface area contributed by atoms with Crippen LogP contribution in [-0.4, -0.2) is 8.42 Å². The zero-order chi connectivity index (χ0) is 14.6. The SMILES string of the molecule is N#CCc1ccccc1S(=O)(=O)Nc1cccc(Cl)c1. The highest BCUT2D eigenvalue weighted by atomic mass is 35.5. The molecule has 0 aliphatic rings. The van der Waals surface area contributed by atoms with E-state index in [1.807, 2.05) is 6.07 Å². The second-order valence-electron chi connectivity index (χ2n) is 4.06. The highest BCUT2D eigenvalue weighted by Crippen LogP contribution is 2.21. The molecule has 0 bridgehead atoms. The smallest absolute Gasteiger partial charge is 0.262 e. The van der Waals surface area contributed by atoms with Crippen LogP contribution >= 0.6 is 11.6 Å². The third-order valence-electron chi connectivity index (χ3n) is 2.61. The van der Waals surface area contributed by atoms with Crippen LogP contribution in [0.1, 0.15) is 5.56 Å². The van der Waals surface area contributed by atoms with Crippen LogP contribution in [0.5, 0.6) is 0 Å². The Labute approximate surface area is 122 Å². The molecule has 2 rings (SSSR count). The first-order valence-corrected chi connectivity index (χ1v) is 7.62. The van der Waals surface area contributed by atoms with Crippen molar-refractivity contribution in [1.29, 1.82) is 5.26 Å². The van der Waals surface area contributed by atoms with Crippen molar-refractivity contribution in [2.24, 2.45) is 0 Å². The third-order valence-corrected chi connectivity index (χ3v) is 4.33. The summed E-state index contributed by atoms with van der Waals surface area (Å²) in [5, 5.41) is 9.19. The van der Waals surface area contributed by atoms with Crippen molar-refractivity contribution in [3.63, 3.8) is 0 Å². The molecule has 0 aromatic heterocycles. The second kappa shape index (κ2) is 5.95. The van der Waals surface area contributed by atoms with Crippen molar-refractivity contribution in [2.75, 3.05) is 4.72 Å². The van der Waals surface area contributed by atoms with E-state index in [1.165, 1.54) is 12.1 Å². The van der Waals surface area contributed by atoms with Crippen LogP contribution in [-0.2, 0) is 16.4 Å². The molecule has 2 aromatic rings. The van der Waals surface area contributed by atoms with Gasteiger partial charge in [0.1, 0.15) is 0 Å². The van der Waals surface area contributed by atoms with Gasteiger partial charge in [-0.05, 0) is 29.8 Å². The van der Waals surface area contributed by atoms with Gasteiger partial charge in [-0.15, -0.1) is 0 Å². The summed E-state index contributed by atoms with van der Waals surface area (Å²) in [7, 11) is -3.74. The van der Waals surface area contributed by atoms with Crippen molar-refractivity contribution < 1.29 is 8.42 Å². The van der Waals surface area contributed by atoms with Crippen molar-refractivity contribution in [1.82, 2.24) is 0 Å². The molecule has 0 saturated heterocycles. The number of benzene rings is 2. The van der Waals surface area contributed by atoms with E-state index in [0.717, 1.165) is 0 Å². The summed E-state index contributed by atoms with van der Waals surface area (Å²) in [5.74, 6) is 0. The predicted molar refractivity (Wildman–Crippen MR) is 78.0 cm³/mol. The molecule has 2 aromatic carbocycles. The van der Waals surface area contributed by atoms with Crippen LogP contribution in [0.2, 0.25) is 5.02 Å². The average Bonchev–Trinajstić information content (AvgIpc) is 2.39. The summed E-state index contributed by atoms with van der Waals surface area (Å²) >= 11 is 5.82. The average molecular weight is 307 g/mol. The van der Waals surface area contributed by atoms with Gasteiger partial charge in [0.15, 0.2) is 0 Å². The zero-order valence-corrected chi connectivity index (χ0v) is 11.9. The maximum absolute atomic E-state index is 12.3. The summed E-state index contributed by atoms with van der Waals surface area (Å²) in [6.07, 6.45) is 0.0344. The van der Waals surface area contributed by atoms with Gasteiger partial charge < -0.3 is 0 Å². The Morgan fingerprint density at radius 1 is 1.15 bits per heavy atom. The summed E-state index contributed by atoms with van der Waals surface area (Å²) in [5.41, 5.74) is 0.841. The summed E-state index contributed by atoms with van der Waals surface area (Å²) in [6.45, 7) is 0. The number of halogens is 1. The molecule has 0 fully saturated rings. The summed E-state index contributed by atoms with van der Waals surface area (Å²) in [4.78, 5) is 0.0986. The van der Waals surface area contributed by atoms with Crippen LogP contribution in [0.25, 0.3) is 0 Å². The number of hydrogen-bond donors (Lipinski definition) is 1. The maximum atomic E-state index is 12.3. The Morgan fingerprint density at radius 3 is 2.60 bits per heavy atom. The quantitative estimate of drug-likeness (QED) is 0.943. The first-order chi connectivity index (χ1) is 9.53. The Bertz CT molecular complexity index is 767. The molecule has 0 unspecified atom stereocenters. The Morgan fingerprint density at radius 2 is 1.90 bits per heavy atom. The molecule has 6 heteroatoms. The molecule has 0 radical (unpaired) electrons. The van der Waals surface area contributed by atoms with E-state index < -0.39 is 10.0 Å². The first kappa shape index (κ1) is 14.4. The van der Waals surface area contributed by atoms with Crippen molar-refractivity contribution >= 4 is 27.3 Å². The molecule has 4 nitrogen and oxygen atoms in total. The summed E-state index contributed by atoms with van der Waals surface area (Å²) < 4.78 is 27.1. The standard InChI is InChI=1S/C14H11ClN2O2S/c15-12-5-3-6-13(10-12)17-20(18,19)14-7-2-1-4-11(14)8-9-16/h1-7,10,17H,8H2. The lowest BCUT2D eigenvalue weighted by Crippen LogP contribution is -2.14. The molecule has 0 saturated carbocycles. The minimum absolute atomic E-state index is 0.0344. The maximum Gasteiger partial charge on any atom is 0.262 e. The number of sulfonamides is 1. The Hall–Kier alpha value is -2.03. The molecule has 0 atom stereocenters. The Balaban J connectivity index is 2.39. The van der Waals surface area contributed by atoms with Crippen LogP contribution < -0.4 is 4.72 Å². The van der Waals surface area contributed by atoms with E-state index >= 15 is 0 Å². The Kier molecular flexibility index (Phi) is 4.28. The van der Waals surface area contributed by atoms with Crippen molar-refractivity contribution in [3.8, 4) is 6.07 Å². The van der Waals surface area contributed by atoms with Gasteiger partial charge in [-0.3, -0.25) is 4.72 Å². The van der Waals surface area contributed by atoms with Gasteiger partial charge in [-0.1, -0.05) is 35.9 Å². The van der Waals surface area contributed by atoms with Gasteiger partial charge in [0.05, 0.1) is 23.1 Å². The molecule has 102 valence electrons. The lowest BCUT2D eigenvalue weighted by atomic mass is 10.2. The van der Waals surface area contributed by atoms with Gasteiger partial charge in [-0.25, -0.2) is 8.42 Å². The van der Waals surface area contributed by atoms with E-state index in [9.17, 15) is 8.42 Å². The molecule has 1 N–H and O–H groups in total. The van der Waals surface area contributed by atoms with Gasteiger partial charge >= 0.3 is 0 Å². The van der Waals surface area contributed by atoms with E-state index in [0.29, 0.717) is 16.3 Å². The fourth-order valence-electron chi connectivity index (χ4n) is 1.76. The predicted octanol–water partition coefficient (Wildman–Crippen LogP) is 3.21. The number of nitrogens with one attached hydrogen (secondary N) is 1. The highest BCUT2D eigenvalue weighted by Gasteiger charge is 2.18. The third kappa shape index (κ3) is 3.29. The number of anilines is 1. The molecule has 0 aliphatic heterocycles. The fraction of sp³-hybridized carbons (Fsp3) is 0.0714. The minimum Gasteiger partial charge on any atom is -0.280 e. The zero-order valence-electron chi connectivity index (χ0n) is 10.4. The van der Waals surface area contributed by atoms with Crippen LogP contribution in [0.15, 0.2) is 53.4 Å². The van der Waals surface area contributed by atoms with Crippen LogP contribution in [0.4, 0.5) is 5.69 Å². The number of rotatable bonds is 4. The monoisotopic (exact) mass is 306 g/mol. The number of nitrogens with zero attached hydrogens (tertiary/aromatic N) is 1.